The Morgan fingerprint density at radius 2 is 0.632 bits per heavy atom. The number of esters is 2. The number of hydrogen-bond donors (Lipinski definition) is 1. The summed E-state index contributed by atoms with van der Waals surface area (Å²) in [7, 11) is 0. The van der Waals surface area contributed by atoms with Crippen molar-refractivity contribution in [1.29, 1.82) is 0 Å². The van der Waals surface area contributed by atoms with Crippen LogP contribution in [0.2, 0.25) is 0 Å². The van der Waals surface area contributed by atoms with Gasteiger partial charge in [-0.2, -0.15) is 0 Å². The summed E-state index contributed by atoms with van der Waals surface area (Å²) >= 11 is 0. The third-order valence-electron chi connectivity index (χ3n) is 11.1. The Labute approximate surface area is 418 Å². The van der Waals surface area contributed by atoms with Crippen LogP contribution >= 0.6 is 0 Å². The molecule has 0 aliphatic rings. The van der Waals surface area contributed by atoms with Gasteiger partial charge < -0.3 is 14.6 Å². The predicted molar refractivity (Wildman–Crippen MR) is 297 cm³/mol. The summed E-state index contributed by atoms with van der Waals surface area (Å²) < 4.78 is 10.7. The van der Waals surface area contributed by atoms with E-state index >= 15 is 0 Å². The van der Waals surface area contributed by atoms with Crippen LogP contribution in [0.5, 0.6) is 0 Å². The number of allylic oxidation sites excluding steroid dienone is 24. The van der Waals surface area contributed by atoms with E-state index in [9.17, 15) is 14.7 Å². The molecule has 1 N–H and O–H groups in total. The van der Waals surface area contributed by atoms with Crippen LogP contribution in [0.25, 0.3) is 0 Å². The van der Waals surface area contributed by atoms with Crippen LogP contribution in [0.4, 0.5) is 0 Å². The van der Waals surface area contributed by atoms with E-state index in [2.05, 4.69) is 160 Å². The van der Waals surface area contributed by atoms with E-state index in [1.54, 1.807) is 0 Å². The van der Waals surface area contributed by atoms with Crippen molar-refractivity contribution in [2.45, 2.75) is 225 Å². The molecule has 0 bridgehead atoms. The number of carbonyl (C=O) groups is 2. The molecule has 5 nitrogen and oxygen atoms in total. The lowest BCUT2D eigenvalue weighted by molar-refractivity contribution is -0.161. The zero-order chi connectivity index (χ0) is 49.2. The van der Waals surface area contributed by atoms with Gasteiger partial charge in [0.15, 0.2) is 6.10 Å². The Morgan fingerprint density at radius 1 is 0.353 bits per heavy atom. The van der Waals surface area contributed by atoms with Crippen molar-refractivity contribution in [2.75, 3.05) is 13.2 Å². The second kappa shape index (κ2) is 57.1. The van der Waals surface area contributed by atoms with Crippen LogP contribution in [0, 0.1) is 0 Å². The van der Waals surface area contributed by atoms with Gasteiger partial charge in [0.1, 0.15) is 6.61 Å². The lowest BCUT2D eigenvalue weighted by Crippen LogP contribution is -2.28. The van der Waals surface area contributed by atoms with Crippen molar-refractivity contribution in [1.82, 2.24) is 0 Å². The summed E-state index contributed by atoms with van der Waals surface area (Å²) in [6, 6.07) is 0. The maximum Gasteiger partial charge on any atom is 0.306 e. The van der Waals surface area contributed by atoms with Crippen molar-refractivity contribution in [3.05, 3.63) is 146 Å². The SMILES string of the molecule is CC/C=C\C/C=C\C/C=C\C/C=C\C/C=C\C/C=C\C/C=C\C/C=C\C/C=C\C/C=C\CCCCCCCCCCC(=O)OC(CO)COC(=O)CCCCCCC/C=C\C/C=C\CCCCC. The van der Waals surface area contributed by atoms with E-state index in [1.165, 1.54) is 70.6 Å². The molecular weight excluding hydrogens is 837 g/mol. The lowest BCUT2D eigenvalue weighted by atomic mass is 10.1. The van der Waals surface area contributed by atoms with E-state index in [0.29, 0.717) is 12.8 Å². The summed E-state index contributed by atoms with van der Waals surface area (Å²) in [5, 5.41) is 9.62. The Kier molecular flexibility index (Phi) is 53.6. The molecule has 0 saturated heterocycles. The van der Waals surface area contributed by atoms with Gasteiger partial charge in [-0.05, 0) is 122 Å². The molecule has 5 heteroatoms. The largest absolute Gasteiger partial charge is 0.462 e. The second-order valence-electron chi connectivity index (χ2n) is 17.6. The van der Waals surface area contributed by atoms with Crippen molar-refractivity contribution in [3.63, 3.8) is 0 Å². The zero-order valence-electron chi connectivity index (χ0n) is 43.6. The van der Waals surface area contributed by atoms with Gasteiger partial charge in [0.05, 0.1) is 6.61 Å². The van der Waals surface area contributed by atoms with E-state index in [-0.39, 0.29) is 25.2 Å². The van der Waals surface area contributed by atoms with Crippen LogP contribution in [0.1, 0.15) is 219 Å². The third-order valence-corrected chi connectivity index (χ3v) is 11.1. The summed E-state index contributed by atoms with van der Waals surface area (Å²) in [5.74, 6) is -0.626. The first-order chi connectivity index (χ1) is 33.6. The van der Waals surface area contributed by atoms with Gasteiger partial charge in [0, 0.05) is 12.8 Å². The van der Waals surface area contributed by atoms with Crippen LogP contribution in [0.15, 0.2) is 146 Å². The van der Waals surface area contributed by atoms with Gasteiger partial charge in [-0.1, -0.05) is 230 Å². The molecule has 0 aromatic carbocycles. The van der Waals surface area contributed by atoms with Crippen LogP contribution in [-0.4, -0.2) is 36.4 Å². The zero-order valence-corrected chi connectivity index (χ0v) is 43.6. The van der Waals surface area contributed by atoms with Crippen molar-refractivity contribution < 1.29 is 24.2 Å². The van der Waals surface area contributed by atoms with E-state index in [1.807, 2.05) is 0 Å². The minimum Gasteiger partial charge on any atom is -0.462 e. The van der Waals surface area contributed by atoms with Crippen LogP contribution < -0.4 is 0 Å². The first kappa shape index (κ1) is 63.8. The first-order valence-corrected chi connectivity index (χ1v) is 27.4. The molecule has 1 unspecified atom stereocenters. The van der Waals surface area contributed by atoms with Gasteiger partial charge in [0.25, 0.3) is 0 Å². The highest BCUT2D eigenvalue weighted by atomic mass is 16.6. The van der Waals surface area contributed by atoms with Crippen molar-refractivity contribution in [3.8, 4) is 0 Å². The molecule has 0 rings (SSSR count). The smallest absolute Gasteiger partial charge is 0.306 e. The van der Waals surface area contributed by atoms with Crippen LogP contribution in [-0.2, 0) is 19.1 Å². The van der Waals surface area contributed by atoms with Crippen molar-refractivity contribution in [2.24, 2.45) is 0 Å². The first-order valence-electron chi connectivity index (χ1n) is 27.4. The fourth-order valence-corrected chi connectivity index (χ4v) is 7.02. The van der Waals surface area contributed by atoms with Gasteiger partial charge in [-0.3, -0.25) is 9.59 Å². The van der Waals surface area contributed by atoms with E-state index in [4.69, 9.17) is 9.47 Å². The van der Waals surface area contributed by atoms with E-state index < -0.39 is 6.10 Å². The third kappa shape index (κ3) is 54.4. The molecule has 0 aliphatic heterocycles. The molecule has 0 amide bonds. The summed E-state index contributed by atoms with van der Waals surface area (Å²) in [6.07, 6.45) is 86.6. The monoisotopic (exact) mass is 937 g/mol. The fraction of sp³-hybridized carbons (Fsp3) is 0.587. The highest BCUT2D eigenvalue weighted by Crippen LogP contribution is 2.13. The molecule has 68 heavy (non-hydrogen) atoms. The Bertz CT molecular complexity index is 1480. The highest BCUT2D eigenvalue weighted by Gasteiger charge is 2.16. The normalized spacial score (nSPS) is 13.4. The molecule has 0 heterocycles. The van der Waals surface area contributed by atoms with Gasteiger partial charge in [-0.15, -0.1) is 0 Å². The number of rotatable bonds is 48. The molecule has 0 fully saturated rings. The number of carbonyl (C=O) groups excluding carboxylic acids is 2. The maximum atomic E-state index is 12.3. The molecule has 0 radical (unpaired) electrons. The standard InChI is InChI=1S/C63H100O5/c1-3-5-7-9-11-13-15-17-19-20-21-22-23-24-25-26-27-28-29-30-31-32-33-34-35-36-37-38-39-40-41-42-44-46-48-50-52-54-56-58-63(66)68-61(59-64)60-67-62(65)57-55-53-51-49-47-45-43-18-16-14-12-10-8-6-4-2/h5,7,11-14,17-19,21-22,24-25,27-28,30-31,33-34,36-37,39-40,43,61,64H,3-4,6,8-10,15-16,20,23,26,29,32,35,38,41-42,44-60H2,1-2H3/b7-5-,13-11-,14-12-,19-17-,22-21-,25-24-,28-27-,31-30-,34-33-,37-36-,40-39-,43-18-. The lowest BCUT2D eigenvalue weighted by Gasteiger charge is -2.15. The Morgan fingerprint density at radius 3 is 0.956 bits per heavy atom. The topological polar surface area (TPSA) is 72.8 Å². The molecular formula is C63H100O5. The van der Waals surface area contributed by atoms with Gasteiger partial charge >= 0.3 is 11.9 Å². The second-order valence-corrected chi connectivity index (χ2v) is 17.6. The van der Waals surface area contributed by atoms with Crippen LogP contribution in [0.3, 0.4) is 0 Å². The quantitative estimate of drug-likeness (QED) is 0.0374. The fourth-order valence-electron chi connectivity index (χ4n) is 7.02. The number of ether oxygens (including phenoxy) is 2. The minimum absolute atomic E-state index is 0.0845. The molecule has 382 valence electrons. The molecule has 0 spiro atoms. The summed E-state index contributed by atoms with van der Waals surface area (Å²) in [5.41, 5.74) is 0. The maximum absolute atomic E-state index is 12.3. The number of aliphatic hydroxyl groups excluding tert-OH is 1. The van der Waals surface area contributed by atoms with Crippen molar-refractivity contribution >= 4 is 11.9 Å². The molecule has 0 aromatic rings. The number of hydrogen-bond acceptors (Lipinski definition) is 5. The highest BCUT2D eigenvalue weighted by molar-refractivity contribution is 5.70. The average Bonchev–Trinajstić information content (AvgIpc) is 3.34. The molecule has 0 saturated carbocycles. The molecule has 1 atom stereocenters. The average molecular weight is 937 g/mol. The molecule has 0 aromatic heterocycles. The molecule has 0 aliphatic carbocycles. The van der Waals surface area contributed by atoms with Gasteiger partial charge in [0.2, 0.25) is 0 Å². The summed E-state index contributed by atoms with van der Waals surface area (Å²) in [4.78, 5) is 24.4. The predicted octanol–water partition coefficient (Wildman–Crippen LogP) is 18.6. The van der Waals surface area contributed by atoms with E-state index in [0.717, 1.165) is 122 Å². The Hall–Kier alpha value is -4.22. The minimum atomic E-state index is -0.792. The summed E-state index contributed by atoms with van der Waals surface area (Å²) in [6.45, 7) is 3.97. The van der Waals surface area contributed by atoms with Gasteiger partial charge in [-0.25, -0.2) is 0 Å². The Balaban J connectivity index is 3.63. The number of unbranched alkanes of at least 4 members (excludes halogenated alkanes) is 16. The number of aliphatic hydroxyl groups is 1.